The van der Waals surface area contributed by atoms with Crippen LogP contribution in [0, 0.1) is 0 Å². The quantitative estimate of drug-likeness (QED) is 0.683. The van der Waals surface area contributed by atoms with Gasteiger partial charge in [-0.3, -0.25) is 0 Å². The van der Waals surface area contributed by atoms with E-state index in [0.29, 0.717) is 12.8 Å². The molecule has 1 aliphatic carbocycles. The first-order chi connectivity index (χ1) is 9.33. The van der Waals surface area contributed by atoms with Crippen molar-refractivity contribution in [3.05, 3.63) is 23.8 Å². The fourth-order valence-electron chi connectivity index (χ4n) is 2.13. The van der Waals surface area contributed by atoms with Gasteiger partial charge in [0.15, 0.2) is 0 Å². The highest BCUT2D eigenvalue weighted by Gasteiger charge is 2.40. The molecule has 0 aromatic heterocycles. The number of carbonyl (C=O) groups is 1. The molecule has 0 atom stereocenters. The van der Waals surface area contributed by atoms with Crippen molar-refractivity contribution in [2.75, 3.05) is 24.3 Å². The lowest BCUT2D eigenvalue weighted by atomic mass is 10.1. The van der Waals surface area contributed by atoms with Crippen LogP contribution < -0.4 is 10.6 Å². The first-order valence-electron chi connectivity index (χ1n) is 6.13. The van der Waals surface area contributed by atoms with Crippen LogP contribution in [-0.4, -0.2) is 31.8 Å². The Kier molecular flexibility index (Phi) is 3.78. The average Bonchev–Trinajstić information content (AvgIpc) is 3.18. The van der Waals surface area contributed by atoms with Gasteiger partial charge in [0.05, 0.1) is 24.0 Å². The average molecular weight is 288 g/mol. The van der Waals surface area contributed by atoms with Crippen LogP contribution >= 0.6 is 0 Å². The Labute approximate surface area is 114 Å². The molecular weight excluding hydrogens is 273 g/mol. The smallest absolute Gasteiger partial charge is 0.405 e. The van der Waals surface area contributed by atoms with Crippen molar-refractivity contribution < 1.29 is 22.7 Å². The summed E-state index contributed by atoms with van der Waals surface area (Å²) in [4.78, 5) is 12.9. The number of methoxy groups -OCH3 is 1. The Hall–Kier alpha value is -1.92. The Morgan fingerprint density at radius 3 is 2.60 bits per heavy atom. The van der Waals surface area contributed by atoms with E-state index in [1.165, 1.54) is 25.3 Å². The third-order valence-electron chi connectivity index (χ3n) is 3.10. The number of nitrogen functional groups attached to an aromatic ring is 1. The van der Waals surface area contributed by atoms with Crippen molar-refractivity contribution in [3.8, 4) is 0 Å². The number of carbonyl (C=O) groups excluding carboxylic acids is 1. The zero-order chi connectivity index (χ0) is 14.9. The number of para-hydroxylation sites is 1. The molecule has 2 N–H and O–H groups in total. The summed E-state index contributed by atoms with van der Waals surface area (Å²) >= 11 is 0. The van der Waals surface area contributed by atoms with E-state index in [-0.39, 0.29) is 23.0 Å². The number of rotatable bonds is 4. The number of alkyl halides is 3. The largest absolute Gasteiger partial charge is 0.465 e. The summed E-state index contributed by atoms with van der Waals surface area (Å²) in [5.41, 5.74) is 6.09. The fraction of sp³-hybridized carbons (Fsp3) is 0.462. The zero-order valence-electron chi connectivity index (χ0n) is 10.9. The van der Waals surface area contributed by atoms with Crippen LogP contribution in [0.1, 0.15) is 23.2 Å². The van der Waals surface area contributed by atoms with Crippen molar-refractivity contribution in [2.24, 2.45) is 0 Å². The number of benzene rings is 1. The first-order valence-corrected chi connectivity index (χ1v) is 6.13. The molecule has 1 aromatic rings. The lowest BCUT2D eigenvalue weighted by Gasteiger charge is -2.28. The van der Waals surface area contributed by atoms with Crippen LogP contribution in [0.25, 0.3) is 0 Å². The van der Waals surface area contributed by atoms with Gasteiger partial charge < -0.3 is 15.4 Å². The van der Waals surface area contributed by atoms with Crippen molar-refractivity contribution in [2.45, 2.75) is 25.1 Å². The SMILES string of the molecule is COC(=O)c1cccc(N)c1N(CC(F)(F)F)C1CC1. The van der Waals surface area contributed by atoms with Gasteiger partial charge in [0, 0.05) is 6.04 Å². The third-order valence-corrected chi connectivity index (χ3v) is 3.10. The lowest BCUT2D eigenvalue weighted by Crippen LogP contribution is -2.37. The maximum atomic E-state index is 12.7. The molecule has 1 aliphatic rings. The van der Waals surface area contributed by atoms with Crippen molar-refractivity contribution in [1.29, 1.82) is 0 Å². The van der Waals surface area contributed by atoms with Crippen LogP contribution in [0.3, 0.4) is 0 Å². The molecule has 1 saturated carbocycles. The maximum absolute atomic E-state index is 12.7. The molecule has 0 bridgehead atoms. The second-order valence-electron chi connectivity index (χ2n) is 4.71. The molecule has 2 rings (SSSR count). The van der Waals surface area contributed by atoms with Gasteiger partial charge in [-0.2, -0.15) is 13.2 Å². The van der Waals surface area contributed by atoms with Gasteiger partial charge in [-0.25, -0.2) is 4.79 Å². The highest BCUT2D eigenvalue weighted by Crippen LogP contribution is 2.39. The number of ether oxygens (including phenoxy) is 1. The van der Waals surface area contributed by atoms with Gasteiger partial charge in [0.2, 0.25) is 0 Å². The van der Waals surface area contributed by atoms with E-state index in [4.69, 9.17) is 5.73 Å². The molecule has 7 heteroatoms. The van der Waals surface area contributed by atoms with Crippen LogP contribution in [0.5, 0.6) is 0 Å². The van der Waals surface area contributed by atoms with Crippen molar-refractivity contribution >= 4 is 17.3 Å². The van der Waals surface area contributed by atoms with E-state index in [1.54, 1.807) is 0 Å². The van der Waals surface area contributed by atoms with Crippen molar-refractivity contribution in [3.63, 3.8) is 0 Å². The van der Waals surface area contributed by atoms with Crippen LogP contribution in [0.15, 0.2) is 18.2 Å². The first kappa shape index (κ1) is 14.5. The summed E-state index contributed by atoms with van der Waals surface area (Å²) in [6, 6.07) is 4.19. The monoisotopic (exact) mass is 288 g/mol. The van der Waals surface area contributed by atoms with Gasteiger partial charge in [-0.05, 0) is 25.0 Å². The Balaban J connectivity index is 2.44. The van der Waals surface area contributed by atoms with E-state index < -0.39 is 18.7 Å². The second kappa shape index (κ2) is 5.22. The lowest BCUT2D eigenvalue weighted by molar-refractivity contribution is -0.120. The van der Waals surface area contributed by atoms with E-state index in [0.717, 1.165) is 4.90 Å². The van der Waals surface area contributed by atoms with E-state index in [9.17, 15) is 18.0 Å². The third kappa shape index (κ3) is 3.15. The second-order valence-corrected chi connectivity index (χ2v) is 4.71. The highest BCUT2D eigenvalue weighted by molar-refractivity contribution is 5.99. The van der Waals surface area contributed by atoms with Gasteiger partial charge in [-0.15, -0.1) is 0 Å². The van der Waals surface area contributed by atoms with Crippen LogP contribution in [0.4, 0.5) is 24.5 Å². The summed E-state index contributed by atoms with van der Waals surface area (Å²) in [6.45, 7) is -1.13. The van der Waals surface area contributed by atoms with Crippen LogP contribution in [-0.2, 0) is 4.74 Å². The molecule has 110 valence electrons. The van der Waals surface area contributed by atoms with E-state index in [2.05, 4.69) is 4.74 Å². The molecule has 0 unspecified atom stereocenters. The van der Waals surface area contributed by atoms with Gasteiger partial charge in [0.1, 0.15) is 6.54 Å². The summed E-state index contributed by atoms with van der Waals surface area (Å²) in [6.07, 6.45) is -3.05. The Bertz CT molecular complexity index is 513. The number of nitrogens with zero attached hydrogens (tertiary/aromatic N) is 1. The topological polar surface area (TPSA) is 55.6 Å². The molecule has 1 aromatic carbocycles. The molecule has 1 fully saturated rings. The summed E-state index contributed by atoms with van der Waals surface area (Å²) in [7, 11) is 1.18. The molecule has 0 saturated heterocycles. The fourth-order valence-corrected chi connectivity index (χ4v) is 2.13. The van der Waals surface area contributed by atoms with Crippen molar-refractivity contribution in [1.82, 2.24) is 0 Å². The number of hydrogen-bond acceptors (Lipinski definition) is 4. The maximum Gasteiger partial charge on any atom is 0.405 e. The zero-order valence-corrected chi connectivity index (χ0v) is 10.9. The summed E-state index contributed by atoms with van der Waals surface area (Å²) < 4.78 is 42.8. The minimum atomic E-state index is -4.36. The van der Waals surface area contributed by atoms with E-state index >= 15 is 0 Å². The number of esters is 1. The molecule has 0 amide bonds. The molecule has 4 nitrogen and oxygen atoms in total. The van der Waals surface area contributed by atoms with E-state index in [1.807, 2.05) is 0 Å². The van der Waals surface area contributed by atoms with Gasteiger partial charge >= 0.3 is 12.1 Å². The minimum Gasteiger partial charge on any atom is -0.465 e. The van der Waals surface area contributed by atoms with Gasteiger partial charge in [-0.1, -0.05) is 6.07 Å². The molecule has 0 aliphatic heterocycles. The molecular formula is C13H15F3N2O2. The Morgan fingerprint density at radius 1 is 1.45 bits per heavy atom. The van der Waals surface area contributed by atoms with Crippen LogP contribution in [0.2, 0.25) is 0 Å². The molecule has 0 radical (unpaired) electrons. The predicted octanol–water partition coefficient (Wildman–Crippen LogP) is 2.59. The number of halogens is 3. The highest BCUT2D eigenvalue weighted by atomic mass is 19.4. The molecule has 20 heavy (non-hydrogen) atoms. The summed E-state index contributed by atoms with van der Waals surface area (Å²) in [5, 5.41) is 0. The Morgan fingerprint density at radius 2 is 2.10 bits per heavy atom. The predicted molar refractivity (Wildman–Crippen MR) is 68.6 cm³/mol. The van der Waals surface area contributed by atoms with Gasteiger partial charge in [0.25, 0.3) is 0 Å². The standard InChI is InChI=1S/C13H15F3N2O2/c1-20-12(19)9-3-2-4-10(17)11(9)18(8-5-6-8)7-13(14,15)16/h2-4,8H,5-7,17H2,1H3. The molecule has 0 spiro atoms. The number of nitrogens with two attached hydrogens (primary N) is 1. The number of anilines is 2. The molecule has 0 heterocycles. The summed E-state index contributed by atoms with van der Waals surface area (Å²) in [5.74, 6) is -0.694. The minimum absolute atomic E-state index is 0.0589. The normalized spacial score (nSPS) is 15.0. The number of hydrogen-bond donors (Lipinski definition) is 1.